The molecule has 0 atom stereocenters. The number of piperazine rings is 1. The second-order valence-electron chi connectivity index (χ2n) is 6.37. The molecule has 2 aromatic rings. The Morgan fingerprint density at radius 1 is 1.14 bits per heavy atom. The molecule has 3 heteroatoms. The zero-order valence-electron chi connectivity index (χ0n) is 13.3. The van der Waals surface area contributed by atoms with Crippen LogP contribution in [-0.4, -0.2) is 42.2 Å². The second kappa shape index (κ2) is 6.63. The van der Waals surface area contributed by atoms with Gasteiger partial charge in [0.25, 0.3) is 0 Å². The molecule has 1 N–H and O–H groups in total. The first kappa shape index (κ1) is 14.6. The molecule has 1 aromatic heterocycles. The third-order valence-electron chi connectivity index (χ3n) is 4.51. The number of fused-ring (bicyclic) bond motifs is 1. The van der Waals surface area contributed by atoms with Crippen molar-refractivity contribution in [3.05, 3.63) is 36.0 Å². The molecule has 0 radical (unpaired) electrons. The van der Waals surface area contributed by atoms with E-state index in [1.807, 2.05) is 0 Å². The van der Waals surface area contributed by atoms with Gasteiger partial charge in [-0.15, -0.1) is 0 Å². The number of nitrogens with zero attached hydrogens (tertiary/aromatic N) is 2. The first-order chi connectivity index (χ1) is 10.3. The highest BCUT2D eigenvalue weighted by molar-refractivity contribution is 5.84. The third-order valence-corrected chi connectivity index (χ3v) is 4.51. The van der Waals surface area contributed by atoms with Crippen molar-refractivity contribution in [3.8, 4) is 0 Å². The maximum absolute atomic E-state index is 3.42. The Balaban J connectivity index is 1.68. The number of rotatable bonds is 5. The Hall–Kier alpha value is -1.32. The molecule has 1 aromatic carbocycles. The smallest absolute Gasteiger partial charge is 0.0485 e. The number of para-hydroxylation sites is 1. The quantitative estimate of drug-likeness (QED) is 0.911. The molecule has 2 heterocycles. The van der Waals surface area contributed by atoms with Crippen LogP contribution < -0.4 is 5.32 Å². The Kier molecular flexibility index (Phi) is 4.61. The lowest BCUT2D eigenvalue weighted by atomic mass is 10.1. The van der Waals surface area contributed by atoms with E-state index >= 15 is 0 Å². The molecule has 1 saturated heterocycles. The van der Waals surface area contributed by atoms with E-state index in [9.17, 15) is 0 Å². The molecule has 3 nitrogen and oxygen atoms in total. The normalized spacial score (nSPS) is 16.9. The van der Waals surface area contributed by atoms with Crippen molar-refractivity contribution in [2.45, 2.75) is 32.7 Å². The summed E-state index contributed by atoms with van der Waals surface area (Å²) >= 11 is 0. The fourth-order valence-electron chi connectivity index (χ4n) is 3.33. The molecule has 0 saturated carbocycles. The number of aromatic nitrogens is 1. The maximum atomic E-state index is 3.42. The van der Waals surface area contributed by atoms with Crippen molar-refractivity contribution in [2.75, 3.05) is 32.7 Å². The van der Waals surface area contributed by atoms with Gasteiger partial charge in [-0.05, 0) is 44.9 Å². The number of hydrogen-bond donors (Lipinski definition) is 1. The number of benzene rings is 1. The lowest BCUT2D eigenvalue weighted by Crippen LogP contribution is -2.43. The number of aryl methyl sites for hydroxylation is 1. The number of nitrogens with one attached hydrogen (secondary N) is 1. The van der Waals surface area contributed by atoms with Crippen LogP contribution in [0.1, 0.15) is 31.9 Å². The Bertz CT molecular complexity index is 579. The van der Waals surface area contributed by atoms with Crippen LogP contribution in [0, 0.1) is 0 Å². The summed E-state index contributed by atoms with van der Waals surface area (Å²) in [7, 11) is 0. The molecular formula is C18H27N3. The molecule has 0 aliphatic carbocycles. The van der Waals surface area contributed by atoms with Gasteiger partial charge < -0.3 is 14.8 Å². The molecule has 114 valence electrons. The zero-order valence-corrected chi connectivity index (χ0v) is 13.3. The second-order valence-corrected chi connectivity index (χ2v) is 6.37. The summed E-state index contributed by atoms with van der Waals surface area (Å²) < 4.78 is 2.41. The molecule has 3 rings (SSSR count). The molecule has 21 heavy (non-hydrogen) atoms. The maximum Gasteiger partial charge on any atom is 0.0485 e. The fourth-order valence-corrected chi connectivity index (χ4v) is 3.33. The van der Waals surface area contributed by atoms with Crippen molar-refractivity contribution in [1.82, 2.24) is 14.8 Å². The van der Waals surface area contributed by atoms with Gasteiger partial charge in [0.2, 0.25) is 0 Å². The summed E-state index contributed by atoms with van der Waals surface area (Å²) in [4.78, 5) is 2.58. The van der Waals surface area contributed by atoms with Crippen LogP contribution in [0.25, 0.3) is 10.9 Å². The molecule has 1 aliphatic rings. The number of hydrogen-bond acceptors (Lipinski definition) is 2. The third kappa shape index (κ3) is 3.30. The minimum Gasteiger partial charge on any atom is -0.345 e. The van der Waals surface area contributed by atoms with Gasteiger partial charge >= 0.3 is 0 Å². The van der Waals surface area contributed by atoms with Crippen LogP contribution in [0.15, 0.2) is 30.5 Å². The summed E-state index contributed by atoms with van der Waals surface area (Å²) in [5, 5.41) is 4.85. The highest BCUT2D eigenvalue weighted by Crippen LogP contribution is 2.25. The molecule has 0 bridgehead atoms. The zero-order chi connectivity index (χ0) is 14.7. The average Bonchev–Trinajstić information content (AvgIpc) is 2.88. The van der Waals surface area contributed by atoms with E-state index in [0.717, 1.165) is 13.1 Å². The predicted molar refractivity (Wildman–Crippen MR) is 90.0 cm³/mol. The SMILES string of the molecule is CC(C)n1cc(CCCN2CCNCC2)c2ccccc21. The van der Waals surface area contributed by atoms with Crippen LogP contribution in [0.5, 0.6) is 0 Å². The monoisotopic (exact) mass is 285 g/mol. The van der Waals surface area contributed by atoms with E-state index in [1.165, 1.54) is 48.9 Å². The minimum absolute atomic E-state index is 0.525. The summed E-state index contributed by atoms with van der Waals surface area (Å²) in [6, 6.07) is 9.35. The summed E-state index contributed by atoms with van der Waals surface area (Å²) in [6.07, 6.45) is 4.81. The molecule has 1 aliphatic heterocycles. The molecular weight excluding hydrogens is 258 g/mol. The van der Waals surface area contributed by atoms with Crippen molar-refractivity contribution in [1.29, 1.82) is 0 Å². The standard InChI is InChI=1S/C18H27N3/c1-15(2)21-14-16(17-7-3-4-8-18(17)21)6-5-11-20-12-9-19-10-13-20/h3-4,7-8,14-15,19H,5-6,9-13H2,1-2H3. The van der Waals surface area contributed by atoms with E-state index in [4.69, 9.17) is 0 Å². The first-order valence-electron chi connectivity index (χ1n) is 8.27. The van der Waals surface area contributed by atoms with E-state index in [0.29, 0.717) is 6.04 Å². The summed E-state index contributed by atoms with van der Waals surface area (Å²) in [6.45, 7) is 10.4. The van der Waals surface area contributed by atoms with Crippen molar-refractivity contribution in [2.24, 2.45) is 0 Å². The predicted octanol–water partition coefficient (Wildman–Crippen LogP) is 3.06. The van der Waals surface area contributed by atoms with Gasteiger partial charge in [0.1, 0.15) is 0 Å². The Morgan fingerprint density at radius 2 is 1.90 bits per heavy atom. The summed E-state index contributed by atoms with van der Waals surface area (Å²) in [5.74, 6) is 0. The van der Waals surface area contributed by atoms with Gasteiger partial charge in [0, 0.05) is 49.3 Å². The van der Waals surface area contributed by atoms with E-state index in [2.05, 4.69) is 59.1 Å². The van der Waals surface area contributed by atoms with Gasteiger partial charge in [-0.1, -0.05) is 18.2 Å². The lowest BCUT2D eigenvalue weighted by Gasteiger charge is -2.26. The molecule has 0 spiro atoms. The molecule has 0 amide bonds. The topological polar surface area (TPSA) is 20.2 Å². The fraction of sp³-hybridized carbons (Fsp3) is 0.556. The van der Waals surface area contributed by atoms with E-state index in [-0.39, 0.29) is 0 Å². The van der Waals surface area contributed by atoms with E-state index < -0.39 is 0 Å². The average molecular weight is 285 g/mol. The first-order valence-corrected chi connectivity index (χ1v) is 8.27. The Morgan fingerprint density at radius 3 is 2.67 bits per heavy atom. The highest BCUT2D eigenvalue weighted by Gasteiger charge is 2.12. The molecule has 0 unspecified atom stereocenters. The van der Waals surface area contributed by atoms with Gasteiger partial charge in [-0.3, -0.25) is 0 Å². The largest absolute Gasteiger partial charge is 0.345 e. The van der Waals surface area contributed by atoms with Crippen molar-refractivity contribution < 1.29 is 0 Å². The Labute approximate surface area is 127 Å². The highest BCUT2D eigenvalue weighted by atomic mass is 15.2. The van der Waals surface area contributed by atoms with Crippen LogP contribution in [-0.2, 0) is 6.42 Å². The van der Waals surface area contributed by atoms with Gasteiger partial charge in [0.15, 0.2) is 0 Å². The van der Waals surface area contributed by atoms with Crippen molar-refractivity contribution in [3.63, 3.8) is 0 Å². The van der Waals surface area contributed by atoms with Crippen molar-refractivity contribution >= 4 is 10.9 Å². The van der Waals surface area contributed by atoms with Crippen LogP contribution in [0.4, 0.5) is 0 Å². The minimum atomic E-state index is 0.525. The van der Waals surface area contributed by atoms with Crippen LogP contribution >= 0.6 is 0 Å². The van der Waals surface area contributed by atoms with Crippen LogP contribution in [0.2, 0.25) is 0 Å². The van der Waals surface area contributed by atoms with Gasteiger partial charge in [-0.2, -0.15) is 0 Å². The summed E-state index contributed by atoms with van der Waals surface area (Å²) in [5.41, 5.74) is 2.89. The van der Waals surface area contributed by atoms with E-state index in [1.54, 1.807) is 0 Å². The van der Waals surface area contributed by atoms with Gasteiger partial charge in [-0.25, -0.2) is 0 Å². The lowest BCUT2D eigenvalue weighted by molar-refractivity contribution is 0.238. The molecule has 1 fully saturated rings. The van der Waals surface area contributed by atoms with Crippen LogP contribution in [0.3, 0.4) is 0 Å². The van der Waals surface area contributed by atoms with Gasteiger partial charge in [0.05, 0.1) is 0 Å².